The zero-order chi connectivity index (χ0) is 12.0. The number of rotatable bonds is 1. The van der Waals surface area contributed by atoms with Crippen molar-refractivity contribution in [1.29, 1.82) is 0 Å². The molecule has 0 atom stereocenters. The van der Waals surface area contributed by atoms with E-state index >= 15 is 0 Å². The normalized spacial score (nSPS) is 21.3. The van der Waals surface area contributed by atoms with Gasteiger partial charge in [-0.2, -0.15) is 0 Å². The molecule has 0 aromatic heterocycles. The van der Waals surface area contributed by atoms with Gasteiger partial charge in [0.15, 0.2) is 0 Å². The summed E-state index contributed by atoms with van der Waals surface area (Å²) in [4.78, 5) is 0. The highest BCUT2D eigenvalue weighted by Gasteiger charge is 2.37. The van der Waals surface area contributed by atoms with Gasteiger partial charge in [-0.15, -0.1) is 0 Å². The summed E-state index contributed by atoms with van der Waals surface area (Å²) in [6.07, 6.45) is 2.48. The molecule has 87 valence electrons. The van der Waals surface area contributed by atoms with E-state index in [1.165, 1.54) is 24.0 Å². The molecule has 0 bridgehead atoms. The molecule has 0 saturated heterocycles. The molecule has 0 amide bonds. The van der Waals surface area contributed by atoms with Gasteiger partial charge in [0, 0.05) is 6.07 Å². The molecule has 1 aliphatic carbocycles. The van der Waals surface area contributed by atoms with Crippen LogP contribution in [-0.4, -0.2) is 7.11 Å². The number of methoxy groups -OCH3 is 1. The monoisotopic (exact) mass is 217 g/mol. The molecule has 0 saturated carbocycles. The van der Waals surface area contributed by atoms with Gasteiger partial charge in [0.1, 0.15) is 5.75 Å². The molecular weight excluding hydrogens is 196 g/mol. The van der Waals surface area contributed by atoms with Crippen molar-refractivity contribution >= 4 is 0 Å². The van der Waals surface area contributed by atoms with Gasteiger partial charge >= 0.3 is 0 Å². The van der Waals surface area contributed by atoms with Gasteiger partial charge in [0.05, 0.1) is 7.11 Å². The van der Waals surface area contributed by atoms with Crippen LogP contribution in [0.4, 0.5) is 0 Å². The van der Waals surface area contributed by atoms with Gasteiger partial charge in [-0.3, -0.25) is 0 Å². The Morgan fingerprint density at radius 3 is 2.19 bits per heavy atom. The Morgan fingerprint density at radius 2 is 1.62 bits per heavy atom. The van der Waals surface area contributed by atoms with Gasteiger partial charge in [-0.1, -0.05) is 27.7 Å². The number of hydrogen-bond acceptors (Lipinski definition) is 1. The first-order valence-electron chi connectivity index (χ1n) is 5.97. The number of benzene rings is 1. The van der Waals surface area contributed by atoms with E-state index in [4.69, 9.17) is 4.74 Å². The average molecular weight is 217 g/mol. The Hall–Kier alpha value is -0.980. The van der Waals surface area contributed by atoms with E-state index < -0.39 is 0 Å². The first-order chi connectivity index (χ1) is 7.37. The van der Waals surface area contributed by atoms with Gasteiger partial charge < -0.3 is 4.74 Å². The van der Waals surface area contributed by atoms with Crippen molar-refractivity contribution in [2.45, 2.75) is 51.4 Å². The van der Waals surface area contributed by atoms with E-state index in [9.17, 15) is 0 Å². The van der Waals surface area contributed by atoms with Crippen molar-refractivity contribution in [1.82, 2.24) is 0 Å². The minimum atomic E-state index is 0.257. The van der Waals surface area contributed by atoms with Crippen LogP contribution >= 0.6 is 0 Å². The highest BCUT2D eigenvalue weighted by molar-refractivity contribution is 5.44. The summed E-state index contributed by atoms with van der Waals surface area (Å²) in [6, 6.07) is 7.50. The Kier molecular flexibility index (Phi) is 2.52. The summed E-state index contributed by atoms with van der Waals surface area (Å²) in [6.45, 7) is 9.28. The summed E-state index contributed by atoms with van der Waals surface area (Å²) < 4.78 is 5.29. The van der Waals surface area contributed by atoms with Crippen molar-refractivity contribution in [2.24, 2.45) is 0 Å². The van der Waals surface area contributed by atoms with Crippen LogP contribution in [0.5, 0.6) is 5.75 Å². The minimum absolute atomic E-state index is 0.257. The standard InChI is InChI=1S/C15H21O/c1-14(2)8-9-15(3,4)13-10-11(16-5)6-7-12(13)14/h7,10H,8-9H2,1-5H3. The second-order valence-corrected chi connectivity index (χ2v) is 6.10. The Labute approximate surface area is 98.8 Å². The van der Waals surface area contributed by atoms with E-state index in [1.54, 1.807) is 7.11 Å². The van der Waals surface area contributed by atoms with Crippen LogP contribution in [0, 0.1) is 6.07 Å². The second kappa shape index (κ2) is 3.51. The molecule has 0 heterocycles. The molecule has 0 spiro atoms. The maximum absolute atomic E-state index is 5.29. The maximum Gasteiger partial charge on any atom is 0.127 e. The third kappa shape index (κ3) is 1.73. The smallest absolute Gasteiger partial charge is 0.127 e. The summed E-state index contributed by atoms with van der Waals surface area (Å²) in [5.41, 5.74) is 3.39. The minimum Gasteiger partial charge on any atom is -0.496 e. The molecular formula is C15H21O. The van der Waals surface area contributed by atoms with Crippen molar-refractivity contribution in [3.05, 3.63) is 29.3 Å². The highest BCUT2D eigenvalue weighted by atomic mass is 16.5. The van der Waals surface area contributed by atoms with Crippen LogP contribution in [0.2, 0.25) is 0 Å². The second-order valence-electron chi connectivity index (χ2n) is 6.10. The zero-order valence-corrected chi connectivity index (χ0v) is 11.0. The van der Waals surface area contributed by atoms with Crippen molar-refractivity contribution in [3.8, 4) is 5.75 Å². The molecule has 0 fully saturated rings. The molecule has 1 radical (unpaired) electrons. The van der Waals surface area contributed by atoms with Crippen LogP contribution in [0.25, 0.3) is 0 Å². The lowest BCUT2D eigenvalue weighted by atomic mass is 9.63. The molecule has 0 unspecified atom stereocenters. The van der Waals surface area contributed by atoms with Crippen LogP contribution in [-0.2, 0) is 10.8 Å². The van der Waals surface area contributed by atoms with Crippen molar-refractivity contribution in [2.75, 3.05) is 7.11 Å². The molecule has 1 heteroatoms. The fraction of sp³-hybridized carbons (Fsp3) is 0.600. The van der Waals surface area contributed by atoms with E-state index in [2.05, 4.69) is 45.9 Å². The van der Waals surface area contributed by atoms with Crippen LogP contribution in [0.15, 0.2) is 12.1 Å². The SMILES string of the molecule is COc1[c]cc2c(c1)C(C)(C)CCC2(C)C. The third-order valence-corrected chi connectivity index (χ3v) is 3.98. The van der Waals surface area contributed by atoms with Gasteiger partial charge in [0.2, 0.25) is 0 Å². The van der Waals surface area contributed by atoms with Crippen LogP contribution in [0.1, 0.15) is 51.7 Å². The fourth-order valence-electron chi connectivity index (χ4n) is 2.60. The zero-order valence-electron chi connectivity index (χ0n) is 11.0. The van der Waals surface area contributed by atoms with Gasteiger partial charge in [-0.05, 0) is 46.9 Å². The molecule has 2 rings (SSSR count). The predicted molar refractivity (Wildman–Crippen MR) is 67.1 cm³/mol. The van der Waals surface area contributed by atoms with Gasteiger partial charge in [0.25, 0.3) is 0 Å². The molecule has 0 N–H and O–H groups in total. The molecule has 1 nitrogen and oxygen atoms in total. The van der Waals surface area contributed by atoms with E-state index in [-0.39, 0.29) is 10.8 Å². The molecule has 1 aromatic carbocycles. The Balaban J connectivity index is 2.60. The lowest BCUT2D eigenvalue weighted by molar-refractivity contribution is 0.328. The first-order valence-corrected chi connectivity index (χ1v) is 5.97. The van der Waals surface area contributed by atoms with Crippen LogP contribution in [0.3, 0.4) is 0 Å². The Morgan fingerprint density at radius 1 is 1.06 bits per heavy atom. The molecule has 16 heavy (non-hydrogen) atoms. The summed E-state index contributed by atoms with van der Waals surface area (Å²) in [5, 5.41) is 0. The fourth-order valence-corrected chi connectivity index (χ4v) is 2.60. The van der Waals surface area contributed by atoms with Crippen molar-refractivity contribution < 1.29 is 4.74 Å². The average Bonchev–Trinajstić information content (AvgIpc) is 2.24. The highest BCUT2D eigenvalue weighted by Crippen LogP contribution is 2.46. The van der Waals surface area contributed by atoms with E-state index in [0.29, 0.717) is 0 Å². The lowest BCUT2D eigenvalue weighted by Crippen LogP contribution is -2.33. The summed E-state index contributed by atoms with van der Waals surface area (Å²) >= 11 is 0. The first kappa shape index (κ1) is 11.5. The Bertz CT molecular complexity index is 402. The summed E-state index contributed by atoms with van der Waals surface area (Å²) in [7, 11) is 1.71. The maximum atomic E-state index is 5.29. The topological polar surface area (TPSA) is 9.23 Å². The van der Waals surface area contributed by atoms with Crippen LogP contribution < -0.4 is 4.74 Å². The largest absolute Gasteiger partial charge is 0.496 e. The van der Waals surface area contributed by atoms with E-state index in [1.807, 2.05) is 0 Å². The number of ether oxygens (including phenoxy) is 1. The summed E-state index contributed by atoms with van der Waals surface area (Å²) in [5.74, 6) is 0.851. The predicted octanol–water partition coefficient (Wildman–Crippen LogP) is 3.84. The molecule has 1 aliphatic rings. The quantitative estimate of drug-likeness (QED) is 0.694. The third-order valence-electron chi connectivity index (χ3n) is 3.98. The van der Waals surface area contributed by atoms with E-state index in [0.717, 1.165) is 5.75 Å². The number of hydrogen-bond donors (Lipinski definition) is 0. The molecule has 0 aliphatic heterocycles. The van der Waals surface area contributed by atoms with Gasteiger partial charge in [-0.25, -0.2) is 0 Å². The lowest BCUT2D eigenvalue weighted by Gasteiger charge is -2.41. The van der Waals surface area contributed by atoms with Crippen molar-refractivity contribution in [3.63, 3.8) is 0 Å². The number of fused-ring (bicyclic) bond motifs is 1. The molecule has 1 aromatic rings.